The van der Waals surface area contributed by atoms with Gasteiger partial charge < -0.3 is 19.9 Å². The van der Waals surface area contributed by atoms with E-state index in [4.69, 9.17) is 4.74 Å². The van der Waals surface area contributed by atoms with Crippen molar-refractivity contribution in [3.8, 4) is 0 Å². The van der Waals surface area contributed by atoms with Crippen molar-refractivity contribution in [2.75, 3.05) is 38.1 Å². The van der Waals surface area contributed by atoms with Gasteiger partial charge in [0.2, 0.25) is 0 Å². The number of hydrogen-bond donors (Lipinski definition) is 1. The molecule has 0 bridgehead atoms. The predicted molar refractivity (Wildman–Crippen MR) is 113 cm³/mol. The standard InChI is InChI=1S/C23H35N3O/c1-18(24-2)19-6-8-21(9-7-19)26-16-12-23(13-17-26)27-22-10-14-25(15-11-22)20-4-3-5-20/h6-9,20,22-24H,1,3-5,10-17H2,2H3. The maximum absolute atomic E-state index is 6.49. The van der Waals surface area contributed by atoms with E-state index in [0.29, 0.717) is 12.2 Å². The number of ether oxygens (including phenoxy) is 1. The Hall–Kier alpha value is -1.52. The Morgan fingerprint density at radius 3 is 2.04 bits per heavy atom. The highest BCUT2D eigenvalue weighted by Crippen LogP contribution is 2.29. The lowest BCUT2D eigenvalue weighted by Gasteiger charge is -2.43. The third kappa shape index (κ3) is 4.49. The number of hydrogen-bond acceptors (Lipinski definition) is 4. The first-order chi connectivity index (χ1) is 13.2. The van der Waals surface area contributed by atoms with Crippen LogP contribution in [0.1, 0.15) is 50.5 Å². The fraction of sp³-hybridized carbons (Fsp3) is 0.652. The topological polar surface area (TPSA) is 27.7 Å². The Bertz CT molecular complexity index is 609. The summed E-state index contributed by atoms with van der Waals surface area (Å²) in [7, 11) is 1.91. The Morgan fingerprint density at radius 1 is 0.926 bits per heavy atom. The van der Waals surface area contributed by atoms with Crippen molar-refractivity contribution in [2.24, 2.45) is 0 Å². The zero-order valence-electron chi connectivity index (χ0n) is 16.8. The Kier molecular flexibility index (Phi) is 6.04. The molecule has 148 valence electrons. The number of piperidine rings is 2. The smallest absolute Gasteiger partial charge is 0.0612 e. The van der Waals surface area contributed by atoms with Gasteiger partial charge >= 0.3 is 0 Å². The second-order valence-electron chi connectivity index (χ2n) is 8.42. The molecule has 1 saturated carbocycles. The van der Waals surface area contributed by atoms with Gasteiger partial charge in [-0.05, 0) is 56.2 Å². The normalized spacial score (nSPS) is 23.2. The van der Waals surface area contributed by atoms with Crippen molar-refractivity contribution >= 4 is 11.4 Å². The molecule has 4 rings (SSSR count). The van der Waals surface area contributed by atoms with Gasteiger partial charge in [-0.25, -0.2) is 0 Å². The van der Waals surface area contributed by atoms with Gasteiger partial charge in [0.15, 0.2) is 0 Å². The van der Waals surface area contributed by atoms with Crippen LogP contribution in [0.5, 0.6) is 0 Å². The van der Waals surface area contributed by atoms with Crippen LogP contribution in [0, 0.1) is 0 Å². The van der Waals surface area contributed by atoms with Gasteiger partial charge in [0.05, 0.1) is 12.2 Å². The van der Waals surface area contributed by atoms with E-state index < -0.39 is 0 Å². The molecule has 2 aliphatic heterocycles. The van der Waals surface area contributed by atoms with Gasteiger partial charge in [-0.2, -0.15) is 0 Å². The lowest BCUT2D eigenvalue weighted by atomic mass is 9.89. The van der Waals surface area contributed by atoms with Crippen molar-refractivity contribution < 1.29 is 4.74 Å². The van der Waals surface area contributed by atoms with E-state index in [2.05, 4.69) is 46.0 Å². The number of rotatable bonds is 6. The van der Waals surface area contributed by atoms with Crippen molar-refractivity contribution in [2.45, 2.75) is 63.2 Å². The van der Waals surface area contributed by atoms with Crippen LogP contribution in [0.3, 0.4) is 0 Å². The highest BCUT2D eigenvalue weighted by molar-refractivity contribution is 5.64. The molecule has 0 amide bonds. The van der Waals surface area contributed by atoms with Crippen LogP contribution in [-0.4, -0.2) is 56.4 Å². The Morgan fingerprint density at radius 2 is 1.52 bits per heavy atom. The summed E-state index contributed by atoms with van der Waals surface area (Å²) < 4.78 is 6.49. The molecular weight excluding hydrogens is 334 g/mol. The van der Waals surface area contributed by atoms with Crippen molar-refractivity contribution in [1.82, 2.24) is 10.2 Å². The summed E-state index contributed by atoms with van der Waals surface area (Å²) in [5, 5.41) is 3.11. The van der Waals surface area contributed by atoms with Crippen molar-refractivity contribution in [3.05, 3.63) is 36.4 Å². The molecule has 0 aromatic heterocycles. The van der Waals surface area contributed by atoms with Crippen molar-refractivity contribution in [3.63, 3.8) is 0 Å². The molecule has 2 heterocycles. The highest BCUT2D eigenvalue weighted by atomic mass is 16.5. The number of nitrogens with zero attached hydrogens (tertiary/aromatic N) is 2. The number of nitrogens with one attached hydrogen (secondary N) is 1. The largest absolute Gasteiger partial charge is 0.388 e. The Balaban J connectivity index is 1.20. The molecule has 1 aromatic carbocycles. The zero-order chi connectivity index (χ0) is 18.6. The fourth-order valence-corrected chi connectivity index (χ4v) is 4.67. The zero-order valence-corrected chi connectivity index (χ0v) is 16.8. The van der Waals surface area contributed by atoms with E-state index >= 15 is 0 Å². The van der Waals surface area contributed by atoms with Gasteiger partial charge in [0.1, 0.15) is 0 Å². The number of benzene rings is 1. The lowest BCUT2D eigenvalue weighted by molar-refractivity contribution is -0.0598. The summed E-state index contributed by atoms with van der Waals surface area (Å²) in [6.45, 7) is 8.72. The first-order valence-electron chi connectivity index (χ1n) is 10.8. The average Bonchev–Trinajstić information content (AvgIpc) is 2.68. The highest BCUT2D eigenvalue weighted by Gasteiger charge is 2.30. The predicted octanol–water partition coefficient (Wildman–Crippen LogP) is 3.88. The minimum atomic E-state index is 0.449. The average molecular weight is 370 g/mol. The van der Waals surface area contributed by atoms with Crippen molar-refractivity contribution in [1.29, 1.82) is 0 Å². The summed E-state index contributed by atoms with van der Waals surface area (Å²) in [4.78, 5) is 5.20. The third-order valence-electron chi connectivity index (χ3n) is 6.78. The van der Waals surface area contributed by atoms with Gasteiger partial charge in [-0.1, -0.05) is 25.1 Å². The third-order valence-corrected chi connectivity index (χ3v) is 6.78. The van der Waals surface area contributed by atoms with Crippen LogP contribution in [0.2, 0.25) is 0 Å². The minimum Gasteiger partial charge on any atom is -0.388 e. The summed E-state index contributed by atoms with van der Waals surface area (Å²) in [5.41, 5.74) is 3.44. The van der Waals surface area contributed by atoms with E-state index in [1.165, 1.54) is 50.9 Å². The molecule has 0 unspecified atom stereocenters. The molecule has 0 radical (unpaired) electrons. The maximum atomic E-state index is 6.49. The van der Waals surface area contributed by atoms with Gasteiger partial charge in [0.25, 0.3) is 0 Å². The van der Waals surface area contributed by atoms with E-state index in [-0.39, 0.29) is 0 Å². The molecule has 4 nitrogen and oxygen atoms in total. The molecule has 0 spiro atoms. The molecule has 4 heteroatoms. The molecule has 0 atom stereocenters. The van der Waals surface area contributed by atoms with E-state index in [0.717, 1.165) is 43.2 Å². The first kappa shape index (κ1) is 18.8. The molecule has 1 N–H and O–H groups in total. The lowest BCUT2D eigenvalue weighted by Crippen LogP contribution is -2.47. The number of likely N-dealkylation sites (tertiary alicyclic amines) is 1. The van der Waals surface area contributed by atoms with E-state index in [1.54, 1.807) is 0 Å². The molecule has 3 fully saturated rings. The quantitative estimate of drug-likeness (QED) is 0.824. The molecular formula is C23H35N3O. The number of anilines is 1. The monoisotopic (exact) mass is 369 g/mol. The first-order valence-corrected chi connectivity index (χ1v) is 10.8. The summed E-state index contributed by atoms with van der Waals surface area (Å²) in [5.74, 6) is 0. The molecule has 1 aliphatic carbocycles. The van der Waals surface area contributed by atoms with Crippen LogP contribution in [0.4, 0.5) is 5.69 Å². The summed E-state index contributed by atoms with van der Waals surface area (Å²) in [6, 6.07) is 9.65. The van der Waals surface area contributed by atoms with Gasteiger partial charge in [-0.3, -0.25) is 0 Å². The molecule has 3 aliphatic rings. The fourth-order valence-electron chi connectivity index (χ4n) is 4.67. The molecule has 27 heavy (non-hydrogen) atoms. The summed E-state index contributed by atoms with van der Waals surface area (Å²) >= 11 is 0. The maximum Gasteiger partial charge on any atom is 0.0612 e. The van der Waals surface area contributed by atoms with Crippen LogP contribution in [0.15, 0.2) is 30.8 Å². The molecule has 1 aromatic rings. The van der Waals surface area contributed by atoms with Crippen LogP contribution >= 0.6 is 0 Å². The Labute approximate surface area is 164 Å². The minimum absolute atomic E-state index is 0.449. The summed E-state index contributed by atoms with van der Waals surface area (Å²) in [6.07, 6.45) is 9.98. The van der Waals surface area contributed by atoms with Gasteiger partial charge in [-0.15, -0.1) is 0 Å². The van der Waals surface area contributed by atoms with Crippen LogP contribution in [-0.2, 0) is 4.74 Å². The van der Waals surface area contributed by atoms with Crippen LogP contribution in [0.25, 0.3) is 5.70 Å². The van der Waals surface area contributed by atoms with E-state index in [1.807, 2.05) is 7.05 Å². The van der Waals surface area contributed by atoms with Gasteiger partial charge in [0, 0.05) is 50.7 Å². The second kappa shape index (κ2) is 8.66. The molecule has 2 saturated heterocycles. The second-order valence-corrected chi connectivity index (χ2v) is 8.42. The van der Waals surface area contributed by atoms with Crippen LogP contribution < -0.4 is 10.2 Å². The van der Waals surface area contributed by atoms with E-state index in [9.17, 15) is 0 Å². The SMILES string of the molecule is C=C(NC)c1ccc(N2CCC(OC3CCN(C4CCC4)CC3)CC2)cc1.